The maximum absolute atomic E-state index is 12.7. The minimum atomic E-state index is -4.53. The molecule has 1 amide bonds. The number of halogens is 3. The number of Topliss-reactive ketones (excluding diaryl/α,β-unsaturated/α-hetero) is 1. The Morgan fingerprint density at radius 3 is 2.58 bits per heavy atom. The van der Waals surface area contributed by atoms with Crippen molar-refractivity contribution in [3.8, 4) is 0 Å². The minimum absolute atomic E-state index is 0.0278. The molecule has 1 spiro atoms. The molecule has 0 atom stereocenters. The van der Waals surface area contributed by atoms with Gasteiger partial charge in [-0.25, -0.2) is 0 Å². The topological polar surface area (TPSA) is 89.2 Å². The standard InChI is InChI=1S/C17H19F3N4O2/c1-15(2)7-16(5-12(21)14(15)26)8-24(9-16)13(25)4-11-3-10(6-22-23-11)17(18,19)20/h3,5-6H,4,7-9,21H2,1-2H3. The highest BCUT2D eigenvalue weighted by atomic mass is 19.4. The van der Waals surface area contributed by atoms with Crippen LogP contribution in [-0.4, -0.2) is 39.9 Å². The van der Waals surface area contributed by atoms with Crippen molar-refractivity contribution in [3.63, 3.8) is 0 Å². The molecule has 1 fully saturated rings. The van der Waals surface area contributed by atoms with Gasteiger partial charge in [0, 0.05) is 23.9 Å². The molecule has 2 heterocycles. The zero-order chi connectivity index (χ0) is 19.3. The molecule has 1 aromatic heterocycles. The summed E-state index contributed by atoms with van der Waals surface area (Å²) in [4.78, 5) is 25.9. The zero-order valence-corrected chi connectivity index (χ0v) is 14.4. The zero-order valence-electron chi connectivity index (χ0n) is 14.4. The fraction of sp³-hybridized carbons (Fsp3) is 0.529. The molecule has 140 valence electrons. The van der Waals surface area contributed by atoms with Crippen LogP contribution in [0.2, 0.25) is 0 Å². The van der Waals surface area contributed by atoms with Crippen molar-refractivity contribution < 1.29 is 22.8 Å². The summed E-state index contributed by atoms with van der Waals surface area (Å²) in [5, 5.41) is 6.93. The predicted octanol–water partition coefficient (Wildman–Crippen LogP) is 1.71. The second kappa shape index (κ2) is 5.78. The summed E-state index contributed by atoms with van der Waals surface area (Å²) in [5.41, 5.74) is 4.12. The van der Waals surface area contributed by atoms with E-state index in [0.29, 0.717) is 25.7 Å². The van der Waals surface area contributed by atoms with E-state index in [1.165, 1.54) is 4.90 Å². The van der Waals surface area contributed by atoms with E-state index in [-0.39, 0.29) is 34.9 Å². The van der Waals surface area contributed by atoms with E-state index < -0.39 is 17.2 Å². The van der Waals surface area contributed by atoms with Crippen molar-refractivity contribution in [1.29, 1.82) is 0 Å². The second-order valence-electron chi connectivity index (χ2n) is 7.71. The van der Waals surface area contributed by atoms with Gasteiger partial charge in [-0.05, 0) is 18.6 Å². The Morgan fingerprint density at radius 2 is 2.00 bits per heavy atom. The number of carbonyl (C=O) groups excluding carboxylic acids is 2. The van der Waals surface area contributed by atoms with E-state index in [1.54, 1.807) is 6.08 Å². The number of nitrogens with zero attached hydrogens (tertiary/aromatic N) is 3. The van der Waals surface area contributed by atoms with Crippen LogP contribution in [0, 0.1) is 10.8 Å². The van der Waals surface area contributed by atoms with Crippen molar-refractivity contribution in [3.05, 3.63) is 35.3 Å². The Hall–Kier alpha value is -2.45. The molecule has 0 bridgehead atoms. The number of hydrogen-bond acceptors (Lipinski definition) is 5. The van der Waals surface area contributed by atoms with E-state index in [4.69, 9.17) is 5.73 Å². The lowest BCUT2D eigenvalue weighted by Gasteiger charge is -2.53. The van der Waals surface area contributed by atoms with Crippen LogP contribution in [0.4, 0.5) is 13.2 Å². The highest BCUT2D eigenvalue weighted by Crippen LogP contribution is 2.47. The summed E-state index contributed by atoms with van der Waals surface area (Å²) in [6, 6.07) is 0.834. The van der Waals surface area contributed by atoms with E-state index in [0.717, 1.165) is 6.07 Å². The minimum Gasteiger partial charge on any atom is -0.396 e. The maximum atomic E-state index is 12.7. The van der Waals surface area contributed by atoms with Crippen molar-refractivity contribution in [2.45, 2.75) is 32.9 Å². The second-order valence-corrected chi connectivity index (χ2v) is 7.71. The van der Waals surface area contributed by atoms with Crippen LogP contribution < -0.4 is 5.73 Å². The van der Waals surface area contributed by atoms with Gasteiger partial charge in [0.25, 0.3) is 0 Å². The highest BCUT2D eigenvalue weighted by Gasteiger charge is 2.51. The molecular formula is C17H19F3N4O2. The summed E-state index contributed by atoms with van der Waals surface area (Å²) < 4.78 is 38.1. The van der Waals surface area contributed by atoms with Crippen LogP contribution in [0.5, 0.6) is 0 Å². The first-order valence-corrected chi connectivity index (χ1v) is 8.12. The number of allylic oxidation sites excluding steroid dienone is 1. The fourth-order valence-corrected chi connectivity index (χ4v) is 3.81. The molecule has 3 rings (SSSR count). The quantitative estimate of drug-likeness (QED) is 0.858. The van der Waals surface area contributed by atoms with Gasteiger partial charge in [0.1, 0.15) is 0 Å². The van der Waals surface area contributed by atoms with Gasteiger partial charge in [-0.15, -0.1) is 0 Å². The van der Waals surface area contributed by atoms with Crippen LogP contribution in [-0.2, 0) is 22.2 Å². The van der Waals surface area contributed by atoms with E-state index in [9.17, 15) is 22.8 Å². The van der Waals surface area contributed by atoms with Crippen molar-refractivity contribution in [1.82, 2.24) is 15.1 Å². The van der Waals surface area contributed by atoms with Crippen LogP contribution in [0.1, 0.15) is 31.5 Å². The van der Waals surface area contributed by atoms with Gasteiger partial charge >= 0.3 is 6.18 Å². The lowest BCUT2D eigenvalue weighted by molar-refractivity contribution is -0.144. The Labute approximate surface area is 148 Å². The van der Waals surface area contributed by atoms with Crippen LogP contribution in [0.3, 0.4) is 0 Å². The molecule has 6 nitrogen and oxygen atoms in total. The Morgan fingerprint density at radius 1 is 1.35 bits per heavy atom. The van der Waals surface area contributed by atoms with E-state index in [2.05, 4.69) is 10.2 Å². The number of aromatic nitrogens is 2. The molecular weight excluding hydrogens is 349 g/mol. The molecule has 2 N–H and O–H groups in total. The van der Waals surface area contributed by atoms with Crippen molar-refractivity contribution in [2.24, 2.45) is 16.6 Å². The number of likely N-dealkylation sites (tertiary alicyclic amines) is 1. The third-order valence-corrected chi connectivity index (χ3v) is 4.86. The third-order valence-electron chi connectivity index (χ3n) is 4.86. The Balaban J connectivity index is 1.67. The summed E-state index contributed by atoms with van der Waals surface area (Å²) in [6.07, 6.45) is -1.87. The van der Waals surface area contributed by atoms with Gasteiger partial charge in [-0.2, -0.15) is 23.4 Å². The van der Waals surface area contributed by atoms with Crippen molar-refractivity contribution in [2.75, 3.05) is 13.1 Å². The number of hydrogen-bond donors (Lipinski definition) is 1. The Kier molecular flexibility index (Phi) is 4.08. The third kappa shape index (κ3) is 3.30. The van der Waals surface area contributed by atoms with Gasteiger partial charge in [-0.3, -0.25) is 9.59 Å². The average molecular weight is 368 g/mol. The SMILES string of the molecule is CC1(C)CC2(C=C(N)C1=O)CN(C(=O)Cc1cc(C(F)(F)F)cnn1)C2. The monoisotopic (exact) mass is 368 g/mol. The van der Waals surface area contributed by atoms with Gasteiger partial charge in [0.05, 0.1) is 29.6 Å². The van der Waals surface area contributed by atoms with Crippen LogP contribution in [0.15, 0.2) is 24.0 Å². The highest BCUT2D eigenvalue weighted by molar-refractivity contribution is 5.99. The summed E-state index contributed by atoms with van der Waals surface area (Å²) >= 11 is 0. The Bertz CT molecular complexity index is 795. The molecule has 0 saturated carbocycles. The summed E-state index contributed by atoms with van der Waals surface area (Å²) in [7, 11) is 0. The summed E-state index contributed by atoms with van der Waals surface area (Å²) in [6.45, 7) is 4.41. The largest absolute Gasteiger partial charge is 0.418 e. The molecule has 0 radical (unpaired) electrons. The number of carbonyl (C=O) groups is 2. The van der Waals surface area contributed by atoms with Crippen LogP contribution >= 0.6 is 0 Å². The molecule has 0 unspecified atom stereocenters. The number of amides is 1. The molecule has 1 aliphatic heterocycles. The van der Waals surface area contributed by atoms with E-state index in [1.807, 2.05) is 13.8 Å². The first-order valence-electron chi connectivity index (χ1n) is 8.12. The molecule has 1 aromatic rings. The van der Waals surface area contributed by atoms with Gasteiger partial charge in [0.15, 0.2) is 5.78 Å². The fourth-order valence-electron chi connectivity index (χ4n) is 3.81. The number of nitrogens with two attached hydrogens (primary N) is 1. The molecule has 2 aliphatic rings. The maximum Gasteiger partial charge on any atom is 0.418 e. The lowest BCUT2D eigenvalue weighted by atomic mass is 9.62. The smallest absolute Gasteiger partial charge is 0.396 e. The van der Waals surface area contributed by atoms with Crippen molar-refractivity contribution >= 4 is 11.7 Å². The number of rotatable bonds is 2. The molecule has 1 aliphatic carbocycles. The first kappa shape index (κ1) is 18.3. The predicted molar refractivity (Wildman–Crippen MR) is 85.4 cm³/mol. The van der Waals surface area contributed by atoms with Gasteiger partial charge in [0.2, 0.25) is 5.91 Å². The van der Waals surface area contributed by atoms with E-state index >= 15 is 0 Å². The molecule has 0 aromatic carbocycles. The molecule has 1 saturated heterocycles. The molecule has 26 heavy (non-hydrogen) atoms. The van der Waals surface area contributed by atoms with Gasteiger partial charge in [-0.1, -0.05) is 13.8 Å². The van der Waals surface area contributed by atoms with Gasteiger partial charge < -0.3 is 10.6 Å². The van der Waals surface area contributed by atoms with Crippen LogP contribution in [0.25, 0.3) is 0 Å². The first-order chi connectivity index (χ1) is 11.9. The molecule has 9 heteroatoms. The lowest BCUT2D eigenvalue weighted by Crippen LogP contribution is -2.61. The normalized spacial score (nSPS) is 21.3. The average Bonchev–Trinajstić information content (AvgIpc) is 2.49. The number of ketones is 1. The number of alkyl halides is 3. The summed E-state index contributed by atoms with van der Waals surface area (Å²) in [5.74, 6) is -0.432.